The summed E-state index contributed by atoms with van der Waals surface area (Å²) < 4.78 is 6.89. The average molecular weight is 700 g/mol. The van der Waals surface area contributed by atoms with Gasteiger partial charge >= 0.3 is 0 Å². The van der Waals surface area contributed by atoms with Crippen LogP contribution in [0.5, 0.6) is 0 Å². The fraction of sp³-hybridized carbons (Fsp3) is 0. The zero-order valence-electron chi connectivity index (χ0n) is 29.5. The Hall–Kier alpha value is -7.86. The summed E-state index contributed by atoms with van der Waals surface area (Å²) in [5, 5.41) is 17.2. The molecule has 55 heavy (non-hydrogen) atoms. The highest BCUT2D eigenvalue weighted by Crippen LogP contribution is 2.40. The molecule has 0 unspecified atom stereocenters. The van der Waals surface area contributed by atoms with Crippen LogP contribution in [-0.4, -0.2) is 13.7 Å². The summed E-state index contributed by atoms with van der Waals surface area (Å²) in [6.07, 6.45) is 0. The Morgan fingerprint density at radius 1 is 0.400 bits per heavy atom. The fourth-order valence-electron chi connectivity index (χ4n) is 8.74. The smallest absolute Gasteiger partial charge is 0.197 e. The minimum atomic E-state index is 0.584. The molecule has 8 aromatic carbocycles. The van der Waals surface area contributed by atoms with Gasteiger partial charge in [0.15, 0.2) is 5.69 Å². The van der Waals surface area contributed by atoms with Crippen molar-refractivity contribution in [2.75, 3.05) is 0 Å². The van der Waals surface area contributed by atoms with Crippen molar-refractivity contribution in [2.24, 2.45) is 0 Å². The molecule has 0 saturated carbocycles. The van der Waals surface area contributed by atoms with Crippen LogP contribution in [0.3, 0.4) is 0 Å². The monoisotopic (exact) mass is 699 g/mol. The number of benzene rings is 8. The molecule has 0 radical (unpaired) electrons. The molecule has 0 spiro atoms. The highest BCUT2D eigenvalue weighted by Gasteiger charge is 2.19. The summed E-state index contributed by atoms with van der Waals surface area (Å²) in [5.74, 6) is 0. The van der Waals surface area contributed by atoms with E-state index >= 15 is 0 Å². The first-order chi connectivity index (χ1) is 27.2. The summed E-state index contributed by atoms with van der Waals surface area (Å²) in [5.41, 5.74) is 12.6. The molecule has 5 heteroatoms. The zero-order chi connectivity index (χ0) is 36.6. The average Bonchev–Trinajstić information content (AvgIpc) is 3.89. The van der Waals surface area contributed by atoms with Crippen molar-refractivity contribution < 1.29 is 0 Å². The normalized spacial score (nSPS) is 11.6. The molecule has 3 heterocycles. The van der Waals surface area contributed by atoms with Crippen molar-refractivity contribution >= 4 is 71.1 Å². The molecule has 0 aliphatic rings. The zero-order valence-corrected chi connectivity index (χ0v) is 29.5. The van der Waals surface area contributed by atoms with Crippen molar-refractivity contribution in [1.82, 2.24) is 13.7 Å². The van der Waals surface area contributed by atoms with Gasteiger partial charge in [0.1, 0.15) is 0 Å². The molecule has 3 aromatic heterocycles. The third-order valence-electron chi connectivity index (χ3n) is 11.0. The second kappa shape index (κ2) is 11.8. The molecule has 0 aliphatic heterocycles. The maximum absolute atomic E-state index is 10.4. The Morgan fingerprint density at radius 3 is 1.56 bits per heavy atom. The molecular formula is C50H29N5. The summed E-state index contributed by atoms with van der Waals surface area (Å²) in [4.78, 5) is 3.87. The summed E-state index contributed by atoms with van der Waals surface area (Å²) >= 11 is 0. The van der Waals surface area contributed by atoms with E-state index in [1.807, 2.05) is 36.4 Å². The second-order valence-electron chi connectivity index (χ2n) is 14.0. The number of fused-ring (bicyclic) bond motifs is 9. The van der Waals surface area contributed by atoms with E-state index in [9.17, 15) is 5.26 Å². The van der Waals surface area contributed by atoms with Crippen LogP contribution in [-0.2, 0) is 0 Å². The Balaban J connectivity index is 1.13. The molecule has 0 aliphatic carbocycles. The lowest BCUT2D eigenvalue weighted by atomic mass is 10.0. The molecular weight excluding hydrogens is 671 g/mol. The first-order valence-electron chi connectivity index (χ1n) is 18.3. The minimum absolute atomic E-state index is 0.584. The summed E-state index contributed by atoms with van der Waals surface area (Å²) in [6.45, 7) is 7.88. The van der Waals surface area contributed by atoms with Gasteiger partial charge < -0.3 is 13.7 Å². The van der Waals surface area contributed by atoms with E-state index < -0.39 is 0 Å². The largest absolute Gasteiger partial charge is 0.311 e. The number of hydrogen-bond acceptors (Lipinski definition) is 1. The van der Waals surface area contributed by atoms with Gasteiger partial charge in [0, 0.05) is 49.5 Å². The number of nitriles is 1. The molecule has 0 atom stereocenters. The van der Waals surface area contributed by atoms with Gasteiger partial charge in [-0.3, -0.25) is 0 Å². The van der Waals surface area contributed by atoms with E-state index in [0.717, 1.165) is 82.8 Å². The summed E-state index contributed by atoms with van der Waals surface area (Å²) in [6, 6.07) is 63.7. The van der Waals surface area contributed by atoms with Crippen LogP contribution in [0.15, 0.2) is 176 Å². The van der Waals surface area contributed by atoms with Gasteiger partial charge in [0.05, 0.1) is 45.8 Å². The van der Waals surface area contributed by atoms with Gasteiger partial charge in [0.2, 0.25) is 0 Å². The van der Waals surface area contributed by atoms with Crippen molar-refractivity contribution in [2.45, 2.75) is 0 Å². The van der Waals surface area contributed by atoms with Crippen molar-refractivity contribution in [3.8, 4) is 34.3 Å². The molecule has 0 bridgehead atoms. The Bertz CT molecular complexity index is 3420. The Labute approximate surface area is 316 Å². The quantitative estimate of drug-likeness (QED) is 0.169. The maximum atomic E-state index is 10.4. The molecule has 5 nitrogen and oxygen atoms in total. The first-order valence-corrected chi connectivity index (χ1v) is 18.3. The third kappa shape index (κ3) is 4.51. The van der Waals surface area contributed by atoms with E-state index in [2.05, 4.69) is 164 Å². The van der Waals surface area contributed by atoms with E-state index in [1.54, 1.807) is 0 Å². The van der Waals surface area contributed by atoms with Gasteiger partial charge in [-0.05, 0) is 89.3 Å². The Kier molecular flexibility index (Phi) is 6.61. The number of para-hydroxylation sites is 4. The molecule has 254 valence electrons. The van der Waals surface area contributed by atoms with Crippen LogP contribution < -0.4 is 0 Å². The van der Waals surface area contributed by atoms with Crippen LogP contribution in [0.2, 0.25) is 0 Å². The fourth-order valence-corrected chi connectivity index (χ4v) is 8.74. The topological polar surface area (TPSA) is 42.9 Å². The minimum Gasteiger partial charge on any atom is -0.311 e. The van der Waals surface area contributed by atoms with Crippen LogP contribution >= 0.6 is 0 Å². The molecule has 0 N–H and O–H groups in total. The number of rotatable bonds is 4. The highest BCUT2D eigenvalue weighted by atomic mass is 15.0. The number of hydrogen-bond donors (Lipinski definition) is 0. The highest BCUT2D eigenvalue weighted by molar-refractivity contribution is 6.15. The molecule has 11 rings (SSSR count). The predicted octanol–water partition coefficient (Wildman–Crippen LogP) is 13.1. The lowest BCUT2D eigenvalue weighted by Crippen LogP contribution is -1.98. The number of nitrogens with zero attached hydrogens (tertiary/aromatic N) is 5. The van der Waals surface area contributed by atoms with E-state index in [0.29, 0.717) is 11.3 Å². The molecule has 0 saturated heterocycles. The van der Waals surface area contributed by atoms with E-state index in [4.69, 9.17) is 6.57 Å². The molecule has 0 fully saturated rings. The van der Waals surface area contributed by atoms with Crippen LogP contribution in [0, 0.1) is 17.9 Å². The van der Waals surface area contributed by atoms with Gasteiger partial charge in [-0.25, -0.2) is 4.85 Å². The maximum Gasteiger partial charge on any atom is 0.197 e. The van der Waals surface area contributed by atoms with Gasteiger partial charge in [-0.2, -0.15) is 5.26 Å². The van der Waals surface area contributed by atoms with Crippen molar-refractivity contribution in [3.63, 3.8) is 0 Å². The summed E-state index contributed by atoms with van der Waals surface area (Å²) in [7, 11) is 0. The van der Waals surface area contributed by atoms with Gasteiger partial charge in [-0.1, -0.05) is 103 Å². The molecule has 11 aromatic rings. The SMILES string of the molecule is [C-]#[N+]c1cccc2c1c1ccccc1n2-c1cccc(-c2cc(C#N)cc(-n3c4ccccc4c4ccc(-n5c6ccccc6c6ccccc65)cc43)c2)c1. The standard InChI is InChI=1S/C50H29N5/c1-52-43-18-11-23-48-50(43)42-17-5-9-22-47(42)54(48)35-13-10-12-33(28-35)34-26-32(31-51)27-37(29-34)55-46-21-8-4-16-40(46)41-25-24-36(30-49(41)55)53-44-19-6-2-14-38(44)39-15-3-7-20-45(39)53/h2-30H. The third-order valence-corrected chi connectivity index (χ3v) is 11.0. The van der Waals surface area contributed by atoms with Crippen LogP contribution in [0.1, 0.15) is 5.56 Å². The van der Waals surface area contributed by atoms with Gasteiger partial charge in [0.25, 0.3) is 0 Å². The van der Waals surface area contributed by atoms with Crippen molar-refractivity contribution in [1.29, 1.82) is 5.26 Å². The van der Waals surface area contributed by atoms with E-state index in [1.165, 1.54) is 10.8 Å². The van der Waals surface area contributed by atoms with Crippen LogP contribution in [0.25, 0.3) is 98.5 Å². The van der Waals surface area contributed by atoms with Crippen LogP contribution in [0.4, 0.5) is 5.69 Å². The van der Waals surface area contributed by atoms with E-state index in [-0.39, 0.29) is 0 Å². The lowest BCUT2D eigenvalue weighted by Gasteiger charge is -2.14. The number of aromatic nitrogens is 3. The predicted molar refractivity (Wildman–Crippen MR) is 226 cm³/mol. The second-order valence-corrected chi connectivity index (χ2v) is 14.0. The first kappa shape index (κ1) is 30.7. The van der Waals surface area contributed by atoms with Gasteiger partial charge in [-0.15, -0.1) is 0 Å². The lowest BCUT2D eigenvalue weighted by molar-refractivity contribution is 1.15. The Morgan fingerprint density at radius 2 is 0.909 bits per heavy atom. The molecule has 0 amide bonds. The van der Waals surface area contributed by atoms with Crippen molar-refractivity contribution in [3.05, 3.63) is 193 Å².